The van der Waals surface area contributed by atoms with Gasteiger partial charge in [-0.2, -0.15) is 13.2 Å². The fourth-order valence-electron chi connectivity index (χ4n) is 4.07. The van der Waals surface area contributed by atoms with Gasteiger partial charge in [-0.05, 0) is 38.5 Å². The molecule has 3 atom stereocenters. The van der Waals surface area contributed by atoms with Crippen LogP contribution in [0.2, 0.25) is 0 Å². The van der Waals surface area contributed by atoms with Gasteiger partial charge >= 0.3 is 12.1 Å². The van der Waals surface area contributed by atoms with E-state index in [1.807, 2.05) is 13.0 Å². The number of nitrogens with zero attached hydrogens (tertiary/aromatic N) is 2. The molecule has 3 heterocycles. The minimum Gasteiger partial charge on any atom is -0.475 e. The number of likely N-dealkylation sites (tertiary alicyclic amines) is 1. The van der Waals surface area contributed by atoms with Gasteiger partial charge in [0.05, 0.1) is 11.8 Å². The smallest absolute Gasteiger partial charge is 0.475 e. The fourth-order valence-corrected chi connectivity index (χ4v) is 4.07. The van der Waals surface area contributed by atoms with Crippen molar-refractivity contribution in [3.63, 3.8) is 0 Å². The zero-order valence-corrected chi connectivity index (χ0v) is 17.4. The van der Waals surface area contributed by atoms with Gasteiger partial charge in [-0.3, -0.25) is 9.69 Å². The number of aliphatic carboxylic acids is 1. The van der Waals surface area contributed by atoms with Crippen molar-refractivity contribution >= 4 is 11.9 Å². The molecule has 1 amide bonds. The van der Waals surface area contributed by atoms with Crippen LogP contribution in [0.1, 0.15) is 37.1 Å². The Morgan fingerprint density at radius 2 is 2.00 bits per heavy atom. The zero-order valence-electron chi connectivity index (χ0n) is 17.4. The topological polar surface area (TPSA) is 105 Å². The molecule has 0 aromatic carbocycles. The Labute approximate surface area is 178 Å². The number of amides is 1. The average Bonchev–Trinajstić information content (AvgIpc) is 3.46. The number of fused-ring (bicyclic) bond motifs is 1. The molecule has 3 aliphatic rings. The number of ether oxygens (including phenoxy) is 1. The molecule has 174 valence electrons. The number of carboxylic acid groups (broad SMARTS) is 1. The summed E-state index contributed by atoms with van der Waals surface area (Å²) in [6, 6.07) is 1.99. The van der Waals surface area contributed by atoms with Gasteiger partial charge in [0.25, 0.3) is 0 Å². The minimum atomic E-state index is -5.08. The number of rotatable bonds is 5. The van der Waals surface area contributed by atoms with Crippen LogP contribution < -0.4 is 5.32 Å². The maximum Gasteiger partial charge on any atom is 0.490 e. The highest BCUT2D eigenvalue weighted by molar-refractivity contribution is 5.79. The molecular formula is C20H28F3N3O5. The molecule has 0 spiro atoms. The number of nitrogens with one attached hydrogen (secondary N) is 1. The predicted octanol–water partition coefficient (Wildman–Crippen LogP) is 2.37. The number of carboxylic acids is 1. The predicted molar refractivity (Wildman–Crippen MR) is 102 cm³/mol. The summed E-state index contributed by atoms with van der Waals surface area (Å²) in [6.07, 6.45) is -0.482. The number of carbonyl (C=O) groups is 2. The molecule has 1 aliphatic carbocycles. The zero-order chi connectivity index (χ0) is 22.6. The number of aromatic nitrogens is 1. The Morgan fingerprint density at radius 3 is 2.58 bits per heavy atom. The van der Waals surface area contributed by atoms with Crippen LogP contribution in [-0.2, 0) is 20.9 Å². The Hall–Kier alpha value is -2.14. The summed E-state index contributed by atoms with van der Waals surface area (Å²) in [5.41, 5.74) is 0.970. The van der Waals surface area contributed by atoms with E-state index in [1.165, 1.54) is 12.8 Å². The maximum atomic E-state index is 12.6. The average molecular weight is 447 g/mol. The molecule has 8 nitrogen and oxygen atoms in total. The number of piperidine rings is 1. The molecule has 0 unspecified atom stereocenters. The van der Waals surface area contributed by atoms with Crippen LogP contribution in [0.25, 0.3) is 0 Å². The lowest BCUT2D eigenvalue weighted by molar-refractivity contribution is -0.192. The Morgan fingerprint density at radius 1 is 1.29 bits per heavy atom. The Kier molecular flexibility index (Phi) is 7.58. The first-order chi connectivity index (χ1) is 14.6. The molecular weight excluding hydrogens is 419 g/mol. The van der Waals surface area contributed by atoms with Crippen molar-refractivity contribution in [3.8, 4) is 0 Å². The van der Waals surface area contributed by atoms with Gasteiger partial charge < -0.3 is 19.7 Å². The SMILES string of the molecule is Cc1cc(CN2CC[C@H]3OCC[C@@H](C(=O)NCC4CC4)[C@H]3C2)no1.O=C(O)C(F)(F)F. The summed E-state index contributed by atoms with van der Waals surface area (Å²) in [4.78, 5) is 23.9. The van der Waals surface area contributed by atoms with E-state index >= 15 is 0 Å². The molecule has 31 heavy (non-hydrogen) atoms. The van der Waals surface area contributed by atoms with Crippen molar-refractivity contribution in [3.05, 3.63) is 17.5 Å². The third-order valence-electron chi connectivity index (χ3n) is 5.86. The van der Waals surface area contributed by atoms with Crippen LogP contribution >= 0.6 is 0 Å². The minimum absolute atomic E-state index is 0.0874. The van der Waals surface area contributed by atoms with Crippen molar-refractivity contribution in [2.24, 2.45) is 17.8 Å². The number of alkyl halides is 3. The summed E-state index contributed by atoms with van der Waals surface area (Å²) in [5, 5.41) is 14.4. The standard InChI is InChI=1S/C18H27N3O3.C2HF3O2/c1-12-8-14(20-24-12)10-21-6-4-17-16(11-21)15(5-7-23-17)18(22)19-9-13-2-3-13;3-2(4,5)1(6)7/h8,13,15-17H,2-7,9-11H2,1H3,(H,19,22);(H,6,7)/t15-,16-,17-;/m1./s1. The first-order valence-corrected chi connectivity index (χ1v) is 10.5. The van der Waals surface area contributed by atoms with Gasteiger partial charge in [0.1, 0.15) is 5.76 Å². The summed E-state index contributed by atoms with van der Waals surface area (Å²) >= 11 is 0. The number of aryl methyl sites for hydroxylation is 1. The quantitative estimate of drug-likeness (QED) is 0.714. The lowest BCUT2D eigenvalue weighted by Gasteiger charge is -2.44. The second-order valence-corrected chi connectivity index (χ2v) is 8.41. The van der Waals surface area contributed by atoms with E-state index in [9.17, 15) is 18.0 Å². The number of carbonyl (C=O) groups excluding carboxylic acids is 1. The number of halogens is 3. The molecule has 11 heteroatoms. The third kappa shape index (κ3) is 6.93. The Bertz CT molecular complexity index is 765. The van der Waals surface area contributed by atoms with Crippen LogP contribution in [-0.4, -0.2) is 65.6 Å². The van der Waals surface area contributed by atoms with E-state index in [0.29, 0.717) is 12.5 Å². The molecule has 2 saturated heterocycles. The third-order valence-corrected chi connectivity index (χ3v) is 5.86. The van der Waals surface area contributed by atoms with Gasteiger partial charge in [0.2, 0.25) is 5.91 Å². The highest BCUT2D eigenvalue weighted by Gasteiger charge is 2.42. The van der Waals surface area contributed by atoms with E-state index < -0.39 is 12.1 Å². The van der Waals surface area contributed by atoms with Crippen LogP contribution in [0.15, 0.2) is 10.6 Å². The molecule has 1 aromatic heterocycles. The number of hydrogen-bond acceptors (Lipinski definition) is 6. The lowest BCUT2D eigenvalue weighted by atomic mass is 9.79. The lowest BCUT2D eigenvalue weighted by Crippen LogP contribution is -2.53. The van der Waals surface area contributed by atoms with Crippen molar-refractivity contribution in [1.82, 2.24) is 15.4 Å². The van der Waals surface area contributed by atoms with Crippen molar-refractivity contribution < 1.29 is 37.1 Å². The normalized spacial score (nSPS) is 26.4. The summed E-state index contributed by atoms with van der Waals surface area (Å²) in [7, 11) is 0. The number of hydrogen-bond donors (Lipinski definition) is 2. The first-order valence-electron chi connectivity index (χ1n) is 10.5. The molecule has 2 aliphatic heterocycles. The summed E-state index contributed by atoms with van der Waals surface area (Å²) < 4.78 is 42.9. The van der Waals surface area contributed by atoms with E-state index in [1.54, 1.807) is 0 Å². The molecule has 4 rings (SSSR count). The van der Waals surface area contributed by atoms with Crippen LogP contribution in [0, 0.1) is 24.7 Å². The highest BCUT2D eigenvalue weighted by atomic mass is 19.4. The molecule has 3 fully saturated rings. The maximum absolute atomic E-state index is 12.6. The van der Waals surface area contributed by atoms with Gasteiger partial charge in [-0.25, -0.2) is 4.79 Å². The van der Waals surface area contributed by atoms with Gasteiger partial charge in [-0.1, -0.05) is 5.16 Å². The van der Waals surface area contributed by atoms with Crippen molar-refractivity contribution in [2.45, 2.75) is 51.4 Å². The van der Waals surface area contributed by atoms with Crippen molar-refractivity contribution in [1.29, 1.82) is 0 Å². The van der Waals surface area contributed by atoms with E-state index in [-0.39, 0.29) is 17.9 Å². The monoisotopic (exact) mass is 447 g/mol. The van der Waals surface area contributed by atoms with Crippen LogP contribution in [0.5, 0.6) is 0 Å². The van der Waals surface area contributed by atoms with E-state index in [4.69, 9.17) is 19.2 Å². The second kappa shape index (κ2) is 9.99. The van der Waals surface area contributed by atoms with E-state index in [0.717, 1.165) is 56.4 Å². The molecule has 0 bridgehead atoms. The van der Waals surface area contributed by atoms with Crippen LogP contribution in [0.3, 0.4) is 0 Å². The summed E-state index contributed by atoms with van der Waals surface area (Å²) in [6.45, 7) is 6.16. The fraction of sp³-hybridized carbons (Fsp3) is 0.750. The molecule has 1 saturated carbocycles. The van der Waals surface area contributed by atoms with Gasteiger partial charge in [0.15, 0.2) is 0 Å². The van der Waals surface area contributed by atoms with Crippen molar-refractivity contribution in [2.75, 3.05) is 26.2 Å². The van der Waals surface area contributed by atoms with Gasteiger partial charge in [-0.15, -0.1) is 0 Å². The molecule has 0 radical (unpaired) electrons. The van der Waals surface area contributed by atoms with Gasteiger partial charge in [0, 0.05) is 50.7 Å². The first kappa shape index (κ1) is 23.5. The van der Waals surface area contributed by atoms with Crippen LogP contribution in [0.4, 0.5) is 13.2 Å². The van der Waals surface area contributed by atoms with E-state index in [2.05, 4.69) is 15.4 Å². The highest BCUT2D eigenvalue weighted by Crippen LogP contribution is 2.34. The second-order valence-electron chi connectivity index (χ2n) is 8.41. The molecule has 2 N–H and O–H groups in total. The Balaban J connectivity index is 0.000000339. The molecule has 1 aromatic rings. The summed E-state index contributed by atoms with van der Waals surface area (Å²) in [5.74, 6) is -0.572. The largest absolute Gasteiger partial charge is 0.490 e.